The van der Waals surface area contributed by atoms with Crippen LogP contribution in [0.25, 0.3) is 0 Å². The summed E-state index contributed by atoms with van der Waals surface area (Å²) in [4.78, 5) is 24.3. The molecule has 1 aromatic rings. The van der Waals surface area contributed by atoms with Crippen LogP contribution in [0.15, 0.2) is 15.3 Å². The first-order valence-electron chi connectivity index (χ1n) is 7.27. The second kappa shape index (κ2) is 5.61. The Kier molecular flexibility index (Phi) is 3.82. The number of aryl methyl sites for hydroxylation is 1. The Morgan fingerprint density at radius 3 is 2.67 bits per heavy atom. The number of amides is 1. The minimum Gasteiger partial charge on any atom is -0.427 e. The number of carbonyl (C=O) groups is 1. The van der Waals surface area contributed by atoms with E-state index < -0.39 is 23.7 Å². The fourth-order valence-corrected chi connectivity index (χ4v) is 2.72. The summed E-state index contributed by atoms with van der Waals surface area (Å²) in [5.41, 5.74) is 0.0130. The van der Waals surface area contributed by atoms with Crippen molar-refractivity contribution < 1.29 is 19.1 Å². The maximum Gasteiger partial charge on any atom is 0.349 e. The molecule has 3 rings (SSSR count). The van der Waals surface area contributed by atoms with E-state index in [4.69, 9.17) is 9.15 Å². The van der Waals surface area contributed by atoms with Crippen molar-refractivity contribution >= 4 is 5.91 Å². The van der Waals surface area contributed by atoms with Gasteiger partial charge in [-0.2, -0.15) is 0 Å². The van der Waals surface area contributed by atoms with Crippen LogP contribution >= 0.6 is 0 Å². The van der Waals surface area contributed by atoms with Gasteiger partial charge >= 0.3 is 5.63 Å². The molecule has 0 spiro atoms. The van der Waals surface area contributed by atoms with Crippen LogP contribution in [-0.2, 0) is 4.74 Å². The third-order valence-electron chi connectivity index (χ3n) is 4.27. The van der Waals surface area contributed by atoms with Gasteiger partial charge in [0.15, 0.2) is 0 Å². The third-order valence-corrected chi connectivity index (χ3v) is 4.27. The molecule has 2 N–H and O–H groups in total. The molecule has 1 aliphatic carbocycles. The Morgan fingerprint density at radius 1 is 1.38 bits per heavy atom. The number of hydrogen-bond donors (Lipinski definition) is 2. The first kappa shape index (κ1) is 14.3. The molecule has 6 heteroatoms. The van der Waals surface area contributed by atoms with E-state index >= 15 is 0 Å². The lowest BCUT2D eigenvalue weighted by molar-refractivity contribution is 0.0881. The smallest absolute Gasteiger partial charge is 0.349 e. The zero-order chi connectivity index (χ0) is 15.0. The van der Waals surface area contributed by atoms with Crippen LogP contribution in [0.3, 0.4) is 0 Å². The zero-order valence-electron chi connectivity index (χ0n) is 11.9. The lowest BCUT2D eigenvalue weighted by Gasteiger charge is -2.24. The summed E-state index contributed by atoms with van der Waals surface area (Å²) in [5.74, 6) is 0.457. The van der Waals surface area contributed by atoms with E-state index in [9.17, 15) is 14.7 Å². The maximum atomic E-state index is 12.2. The highest BCUT2D eigenvalue weighted by molar-refractivity contribution is 5.95. The molecule has 1 amide bonds. The van der Waals surface area contributed by atoms with Gasteiger partial charge < -0.3 is 19.6 Å². The lowest BCUT2D eigenvalue weighted by Crippen LogP contribution is -2.44. The highest BCUT2D eigenvalue weighted by atomic mass is 16.5. The molecule has 6 nitrogen and oxygen atoms in total. The van der Waals surface area contributed by atoms with Gasteiger partial charge in [0.05, 0.1) is 25.4 Å². The van der Waals surface area contributed by atoms with Gasteiger partial charge in [-0.05, 0) is 31.4 Å². The summed E-state index contributed by atoms with van der Waals surface area (Å²) in [6.45, 7) is 2.17. The topological polar surface area (TPSA) is 88.8 Å². The van der Waals surface area contributed by atoms with Crippen molar-refractivity contribution in [2.75, 3.05) is 13.2 Å². The van der Waals surface area contributed by atoms with Crippen LogP contribution in [0, 0.1) is 6.92 Å². The van der Waals surface area contributed by atoms with E-state index in [1.165, 1.54) is 0 Å². The van der Waals surface area contributed by atoms with Crippen LogP contribution in [0.1, 0.15) is 46.9 Å². The van der Waals surface area contributed by atoms with E-state index in [-0.39, 0.29) is 18.8 Å². The van der Waals surface area contributed by atoms with Gasteiger partial charge in [0.2, 0.25) is 0 Å². The average Bonchev–Trinajstić information content (AvgIpc) is 2.71. The lowest BCUT2D eigenvalue weighted by atomic mass is 9.83. The molecule has 21 heavy (non-hydrogen) atoms. The van der Waals surface area contributed by atoms with Crippen molar-refractivity contribution in [3.8, 4) is 0 Å². The molecule has 114 valence electrons. The molecule has 0 unspecified atom stereocenters. The summed E-state index contributed by atoms with van der Waals surface area (Å²) < 4.78 is 10.4. The van der Waals surface area contributed by atoms with Crippen molar-refractivity contribution in [1.29, 1.82) is 0 Å². The number of nitrogens with one attached hydrogen (secondary N) is 1. The third kappa shape index (κ3) is 2.73. The second-order valence-electron chi connectivity index (χ2n) is 5.81. The molecular weight excluding hydrogens is 274 g/mol. The van der Waals surface area contributed by atoms with Gasteiger partial charge in [-0.3, -0.25) is 4.79 Å². The van der Waals surface area contributed by atoms with Crippen LogP contribution in [0.5, 0.6) is 0 Å². The van der Waals surface area contributed by atoms with E-state index in [1.807, 2.05) is 0 Å². The van der Waals surface area contributed by atoms with Crippen molar-refractivity contribution in [3.05, 3.63) is 33.4 Å². The predicted octanol–water partition coefficient (Wildman–Crippen LogP) is 0.705. The average molecular weight is 293 g/mol. The van der Waals surface area contributed by atoms with E-state index in [0.29, 0.717) is 17.2 Å². The fraction of sp³-hybridized carbons (Fsp3) is 0.600. The van der Waals surface area contributed by atoms with Gasteiger partial charge in [-0.15, -0.1) is 0 Å². The van der Waals surface area contributed by atoms with E-state index in [1.54, 1.807) is 13.0 Å². The Morgan fingerprint density at radius 2 is 2.14 bits per heavy atom. The summed E-state index contributed by atoms with van der Waals surface area (Å²) >= 11 is 0. The van der Waals surface area contributed by atoms with Gasteiger partial charge in [-0.1, -0.05) is 6.42 Å². The number of aliphatic hydroxyl groups excluding tert-OH is 1. The van der Waals surface area contributed by atoms with Crippen LogP contribution in [-0.4, -0.2) is 36.4 Å². The maximum absolute atomic E-state index is 12.2. The van der Waals surface area contributed by atoms with E-state index in [0.717, 1.165) is 19.3 Å². The second-order valence-corrected chi connectivity index (χ2v) is 5.81. The Balaban J connectivity index is 1.81. The summed E-state index contributed by atoms with van der Waals surface area (Å²) in [5, 5.41) is 12.3. The first-order chi connectivity index (χ1) is 10.1. The summed E-state index contributed by atoms with van der Waals surface area (Å²) in [6, 6.07) is 1.30. The first-order valence-corrected chi connectivity index (χ1v) is 7.27. The van der Waals surface area contributed by atoms with E-state index in [2.05, 4.69) is 5.32 Å². The van der Waals surface area contributed by atoms with Gasteiger partial charge in [0, 0.05) is 5.92 Å². The minimum atomic E-state index is -0.740. The standard InChI is InChI=1S/C15H19NO5/c1-8-5-12(9-3-2-4-9)21-15(19)13(8)14(18)16-10-6-20-7-11(10)17/h5,9-11,17H,2-4,6-7H2,1H3,(H,16,18)/t10-,11-/m0/s1. The van der Waals surface area contributed by atoms with Gasteiger partial charge in [-0.25, -0.2) is 4.79 Å². The Labute approximate surface area is 122 Å². The molecule has 0 radical (unpaired) electrons. The number of aliphatic hydroxyl groups is 1. The monoisotopic (exact) mass is 293 g/mol. The Hall–Kier alpha value is -1.66. The number of rotatable bonds is 3. The number of carbonyl (C=O) groups excluding carboxylic acids is 1. The molecule has 1 saturated heterocycles. The molecule has 2 fully saturated rings. The van der Waals surface area contributed by atoms with Gasteiger partial charge in [0.25, 0.3) is 5.91 Å². The number of hydrogen-bond acceptors (Lipinski definition) is 5. The normalized spacial score (nSPS) is 25.6. The van der Waals surface area contributed by atoms with Crippen LogP contribution in [0.4, 0.5) is 0 Å². The van der Waals surface area contributed by atoms with Crippen LogP contribution < -0.4 is 10.9 Å². The molecule has 1 aromatic heterocycles. The summed E-state index contributed by atoms with van der Waals surface area (Å²) in [7, 11) is 0. The highest BCUT2D eigenvalue weighted by Crippen LogP contribution is 2.36. The van der Waals surface area contributed by atoms with Crippen molar-refractivity contribution in [2.24, 2.45) is 0 Å². The molecule has 2 heterocycles. The molecule has 2 aliphatic rings. The summed E-state index contributed by atoms with van der Waals surface area (Å²) in [6.07, 6.45) is 2.46. The fourth-order valence-electron chi connectivity index (χ4n) is 2.72. The molecule has 0 bridgehead atoms. The van der Waals surface area contributed by atoms with Crippen molar-refractivity contribution in [2.45, 2.75) is 44.2 Å². The van der Waals surface area contributed by atoms with Gasteiger partial charge in [0.1, 0.15) is 11.3 Å². The predicted molar refractivity (Wildman–Crippen MR) is 74.4 cm³/mol. The molecule has 1 saturated carbocycles. The zero-order valence-corrected chi connectivity index (χ0v) is 11.9. The van der Waals surface area contributed by atoms with Crippen molar-refractivity contribution in [1.82, 2.24) is 5.32 Å². The minimum absolute atomic E-state index is 0.0113. The Bertz CT molecular complexity index is 605. The largest absolute Gasteiger partial charge is 0.427 e. The van der Waals surface area contributed by atoms with Crippen LogP contribution in [0.2, 0.25) is 0 Å². The molecule has 2 atom stereocenters. The molecule has 0 aromatic carbocycles. The highest BCUT2D eigenvalue weighted by Gasteiger charge is 2.30. The molecule has 1 aliphatic heterocycles. The molecular formula is C15H19NO5. The SMILES string of the molecule is Cc1cc(C2CCC2)oc(=O)c1C(=O)N[C@H]1COC[C@@H]1O. The number of ether oxygens (including phenoxy) is 1. The quantitative estimate of drug-likeness (QED) is 0.856. The van der Waals surface area contributed by atoms with Crippen molar-refractivity contribution in [3.63, 3.8) is 0 Å².